The lowest BCUT2D eigenvalue weighted by molar-refractivity contribution is 0.254. The van der Waals surface area contributed by atoms with Gasteiger partial charge < -0.3 is 15.6 Å². The summed E-state index contributed by atoms with van der Waals surface area (Å²) < 4.78 is 44.5. The number of nitrogens with one attached hydrogen (secondary N) is 1. The summed E-state index contributed by atoms with van der Waals surface area (Å²) in [7, 11) is -2.70. The number of nitrogen functional groups attached to an aromatic ring is 1. The number of aliphatic hydroxyl groups excluding tert-OH is 1. The number of methoxy groups -OCH3 is 1. The Balaban J connectivity index is 3.16. The van der Waals surface area contributed by atoms with Gasteiger partial charge in [-0.05, 0) is 18.6 Å². The number of ether oxygens (including phenoxy) is 1. The van der Waals surface area contributed by atoms with Crippen molar-refractivity contribution in [2.24, 2.45) is 0 Å². The highest BCUT2D eigenvalue weighted by atomic mass is 32.2. The van der Waals surface area contributed by atoms with Crippen molar-refractivity contribution < 1.29 is 22.7 Å². The summed E-state index contributed by atoms with van der Waals surface area (Å²) in [5.41, 5.74) is 5.41. The molecule has 0 aliphatic rings. The van der Waals surface area contributed by atoms with Crippen molar-refractivity contribution in [2.75, 3.05) is 19.5 Å². The molecule has 1 aromatic rings. The minimum Gasteiger partial charge on any atom is -0.492 e. The lowest BCUT2D eigenvalue weighted by Crippen LogP contribution is -2.37. The predicted octanol–water partition coefficient (Wildman–Crippen LogP) is 0.466. The van der Waals surface area contributed by atoms with Crippen molar-refractivity contribution in [3.05, 3.63) is 17.9 Å². The average Bonchev–Trinajstić information content (AvgIpc) is 2.35. The van der Waals surface area contributed by atoms with E-state index < -0.39 is 21.9 Å². The average molecular weight is 292 g/mol. The molecule has 108 valence electrons. The first-order chi connectivity index (χ1) is 8.85. The second-order valence-corrected chi connectivity index (χ2v) is 5.65. The lowest BCUT2D eigenvalue weighted by atomic mass is 10.3. The lowest BCUT2D eigenvalue weighted by Gasteiger charge is -2.15. The minimum atomic E-state index is -3.94. The molecule has 0 saturated carbocycles. The second kappa shape index (κ2) is 6.18. The van der Waals surface area contributed by atoms with Gasteiger partial charge in [-0.3, -0.25) is 0 Å². The molecule has 0 saturated heterocycles. The largest absolute Gasteiger partial charge is 0.492 e. The van der Waals surface area contributed by atoms with Gasteiger partial charge in [0.25, 0.3) is 0 Å². The van der Waals surface area contributed by atoms with Crippen LogP contribution in [0, 0.1) is 5.82 Å². The van der Waals surface area contributed by atoms with Gasteiger partial charge in [0.1, 0.15) is 0 Å². The first-order valence-corrected chi connectivity index (χ1v) is 7.10. The van der Waals surface area contributed by atoms with Gasteiger partial charge in [-0.1, -0.05) is 6.92 Å². The molecule has 0 aliphatic carbocycles. The van der Waals surface area contributed by atoms with E-state index in [9.17, 15) is 12.8 Å². The third-order valence-electron chi connectivity index (χ3n) is 2.60. The molecule has 6 nitrogen and oxygen atoms in total. The summed E-state index contributed by atoms with van der Waals surface area (Å²) >= 11 is 0. The smallest absolute Gasteiger partial charge is 0.241 e. The predicted molar refractivity (Wildman–Crippen MR) is 68.9 cm³/mol. The van der Waals surface area contributed by atoms with Crippen molar-refractivity contribution in [3.63, 3.8) is 0 Å². The molecule has 19 heavy (non-hydrogen) atoms. The molecule has 0 spiro atoms. The molecule has 0 amide bonds. The van der Waals surface area contributed by atoms with Crippen LogP contribution >= 0.6 is 0 Å². The highest BCUT2D eigenvalue weighted by Crippen LogP contribution is 2.28. The van der Waals surface area contributed by atoms with Crippen molar-refractivity contribution in [2.45, 2.75) is 24.3 Å². The Morgan fingerprint density at radius 3 is 2.58 bits per heavy atom. The van der Waals surface area contributed by atoms with Crippen molar-refractivity contribution in [1.29, 1.82) is 0 Å². The molecule has 0 unspecified atom stereocenters. The molecule has 1 rings (SSSR count). The van der Waals surface area contributed by atoms with Crippen LogP contribution in [0.2, 0.25) is 0 Å². The van der Waals surface area contributed by atoms with Gasteiger partial charge in [0.15, 0.2) is 11.6 Å². The summed E-state index contributed by atoms with van der Waals surface area (Å²) in [6.45, 7) is 1.37. The number of aliphatic hydroxyl groups is 1. The zero-order chi connectivity index (χ0) is 14.6. The standard InChI is InChI=1S/C11H17FN2O4S/c1-3-7(6-15)14-19(16,17)8-4-9(12)11(18-2)10(13)5-8/h4-5,7,14-15H,3,6,13H2,1-2H3/t7-/m1/s1. The van der Waals surface area contributed by atoms with Crippen LogP contribution in [-0.2, 0) is 10.0 Å². The monoisotopic (exact) mass is 292 g/mol. The van der Waals surface area contributed by atoms with Crippen molar-refractivity contribution in [3.8, 4) is 5.75 Å². The van der Waals surface area contributed by atoms with Gasteiger partial charge in [-0.2, -0.15) is 0 Å². The first-order valence-electron chi connectivity index (χ1n) is 5.61. The van der Waals surface area contributed by atoms with Crippen LogP contribution in [0.1, 0.15) is 13.3 Å². The van der Waals surface area contributed by atoms with Crippen LogP contribution in [0.25, 0.3) is 0 Å². The first kappa shape index (κ1) is 15.7. The van der Waals surface area contributed by atoms with Crippen LogP contribution in [0.4, 0.5) is 10.1 Å². The van der Waals surface area contributed by atoms with Crippen LogP contribution in [0.15, 0.2) is 17.0 Å². The Bertz CT molecular complexity index is 521. The third-order valence-corrected chi connectivity index (χ3v) is 4.10. The summed E-state index contributed by atoms with van der Waals surface area (Å²) in [5, 5.41) is 8.98. The number of hydrogen-bond donors (Lipinski definition) is 3. The molecule has 0 radical (unpaired) electrons. The summed E-state index contributed by atoms with van der Waals surface area (Å²) in [6, 6.07) is 1.30. The maximum atomic E-state index is 13.6. The topological polar surface area (TPSA) is 102 Å². The van der Waals surface area contributed by atoms with Crippen molar-refractivity contribution in [1.82, 2.24) is 4.72 Å². The van der Waals surface area contributed by atoms with Gasteiger partial charge in [0, 0.05) is 6.04 Å². The number of halogens is 1. The molecule has 0 aliphatic heterocycles. The zero-order valence-electron chi connectivity index (χ0n) is 10.7. The molecule has 0 fully saturated rings. The fourth-order valence-electron chi connectivity index (χ4n) is 1.50. The van der Waals surface area contributed by atoms with E-state index in [0.717, 1.165) is 12.1 Å². The number of nitrogens with two attached hydrogens (primary N) is 1. The number of rotatable bonds is 6. The van der Waals surface area contributed by atoms with E-state index in [1.807, 2.05) is 0 Å². The van der Waals surface area contributed by atoms with Crippen molar-refractivity contribution >= 4 is 15.7 Å². The third kappa shape index (κ3) is 3.55. The van der Waals surface area contributed by atoms with Gasteiger partial charge >= 0.3 is 0 Å². The van der Waals surface area contributed by atoms with Crippen LogP contribution in [0.5, 0.6) is 5.75 Å². The fraction of sp³-hybridized carbons (Fsp3) is 0.455. The van der Waals surface area contributed by atoms with Gasteiger partial charge in [-0.25, -0.2) is 17.5 Å². The SMILES string of the molecule is CC[C@H](CO)NS(=O)(=O)c1cc(N)c(OC)c(F)c1. The maximum absolute atomic E-state index is 13.6. The molecule has 1 aromatic carbocycles. The van der Waals surface area contributed by atoms with Gasteiger partial charge in [0.2, 0.25) is 10.0 Å². The molecule has 8 heteroatoms. The second-order valence-electron chi connectivity index (χ2n) is 3.94. The number of benzene rings is 1. The zero-order valence-corrected chi connectivity index (χ0v) is 11.5. The molecule has 0 aromatic heterocycles. The maximum Gasteiger partial charge on any atom is 0.241 e. The summed E-state index contributed by atoms with van der Waals surface area (Å²) in [5.74, 6) is -1.06. The van der Waals surface area contributed by atoms with Gasteiger partial charge in [0.05, 0.1) is 24.3 Å². The van der Waals surface area contributed by atoms with E-state index in [0.29, 0.717) is 6.42 Å². The molecule has 0 heterocycles. The van der Waals surface area contributed by atoms with Gasteiger partial charge in [-0.15, -0.1) is 0 Å². The van der Waals surface area contributed by atoms with E-state index in [2.05, 4.69) is 4.72 Å². The van der Waals surface area contributed by atoms with Crippen LogP contribution in [-0.4, -0.2) is 33.3 Å². The Morgan fingerprint density at radius 2 is 2.16 bits per heavy atom. The van der Waals surface area contributed by atoms with E-state index >= 15 is 0 Å². The molecular formula is C11H17FN2O4S. The minimum absolute atomic E-state index is 0.111. The Hall–Kier alpha value is -1.38. The molecule has 1 atom stereocenters. The molecule has 0 bridgehead atoms. The fourth-order valence-corrected chi connectivity index (χ4v) is 2.85. The Morgan fingerprint density at radius 1 is 1.53 bits per heavy atom. The highest BCUT2D eigenvalue weighted by molar-refractivity contribution is 7.89. The summed E-state index contributed by atoms with van der Waals surface area (Å²) in [4.78, 5) is -0.310. The summed E-state index contributed by atoms with van der Waals surface area (Å²) in [6.07, 6.45) is 0.407. The normalized spacial score (nSPS) is 13.3. The highest BCUT2D eigenvalue weighted by Gasteiger charge is 2.21. The van der Waals surface area contributed by atoms with E-state index in [-0.39, 0.29) is 22.9 Å². The Labute approximate surface area is 111 Å². The number of hydrogen-bond acceptors (Lipinski definition) is 5. The molecule has 4 N–H and O–H groups in total. The number of anilines is 1. The quantitative estimate of drug-likeness (QED) is 0.661. The van der Waals surface area contributed by atoms with E-state index in [1.165, 1.54) is 7.11 Å². The van der Waals surface area contributed by atoms with E-state index in [1.54, 1.807) is 6.92 Å². The Kier molecular flexibility index (Phi) is 5.10. The van der Waals surface area contributed by atoms with Crippen LogP contribution < -0.4 is 15.2 Å². The van der Waals surface area contributed by atoms with Crippen LogP contribution in [0.3, 0.4) is 0 Å². The molecular weight excluding hydrogens is 275 g/mol. The number of sulfonamides is 1. The van der Waals surface area contributed by atoms with E-state index in [4.69, 9.17) is 15.6 Å².